The standard InChI is InChI=1S/C22H29N5O2/c1-13-18(14(2)29-25-13)7-8-21(28)26-9-16-11-27(12-17(16)10-26)22-19-5-4-6-20(19)23-15(3)24-22/h16-17H,4-12H2,1-3H3. The van der Waals surface area contributed by atoms with Gasteiger partial charge in [-0.25, -0.2) is 9.97 Å². The van der Waals surface area contributed by atoms with Crippen LogP contribution in [0, 0.1) is 32.6 Å². The van der Waals surface area contributed by atoms with Gasteiger partial charge in [-0.2, -0.15) is 0 Å². The Balaban J connectivity index is 1.21. The Kier molecular flexibility index (Phi) is 4.56. The zero-order chi connectivity index (χ0) is 20.1. The van der Waals surface area contributed by atoms with Crippen LogP contribution in [0.5, 0.6) is 0 Å². The number of hydrogen-bond donors (Lipinski definition) is 0. The first kappa shape index (κ1) is 18.6. The molecule has 2 saturated heterocycles. The van der Waals surface area contributed by atoms with Gasteiger partial charge in [-0.05, 0) is 46.5 Å². The summed E-state index contributed by atoms with van der Waals surface area (Å²) in [5.74, 6) is 4.22. The van der Waals surface area contributed by atoms with E-state index in [-0.39, 0.29) is 5.91 Å². The molecule has 0 N–H and O–H groups in total. The number of hydrogen-bond acceptors (Lipinski definition) is 6. The normalized spacial score (nSPS) is 23.0. The molecule has 1 amide bonds. The highest BCUT2D eigenvalue weighted by Crippen LogP contribution is 2.37. The third-order valence-electron chi connectivity index (χ3n) is 6.93. The molecule has 154 valence electrons. The largest absolute Gasteiger partial charge is 0.361 e. The minimum absolute atomic E-state index is 0.254. The summed E-state index contributed by atoms with van der Waals surface area (Å²) in [7, 11) is 0. The number of anilines is 1. The number of carbonyl (C=O) groups is 1. The van der Waals surface area contributed by atoms with Crippen LogP contribution in [0.2, 0.25) is 0 Å². The van der Waals surface area contributed by atoms with Crippen molar-refractivity contribution in [1.29, 1.82) is 0 Å². The van der Waals surface area contributed by atoms with E-state index in [1.807, 2.05) is 20.8 Å². The van der Waals surface area contributed by atoms with Crippen molar-refractivity contribution in [3.05, 3.63) is 34.1 Å². The summed E-state index contributed by atoms with van der Waals surface area (Å²) in [5, 5.41) is 3.99. The quantitative estimate of drug-likeness (QED) is 0.791. The Morgan fingerprint density at radius 3 is 2.52 bits per heavy atom. The highest BCUT2D eigenvalue weighted by molar-refractivity contribution is 5.77. The number of nitrogens with zero attached hydrogens (tertiary/aromatic N) is 5. The molecule has 7 heteroatoms. The van der Waals surface area contributed by atoms with Crippen molar-refractivity contribution in [2.45, 2.75) is 52.9 Å². The lowest BCUT2D eigenvalue weighted by Gasteiger charge is -2.24. The SMILES string of the molecule is Cc1nc2c(c(N3CC4CN(C(=O)CCc5c(C)noc5C)CC4C3)n1)CCC2. The molecule has 2 fully saturated rings. The molecule has 2 aromatic heterocycles. The van der Waals surface area contributed by atoms with E-state index in [2.05, 4.69) is 19.9 Å². The van der Waals surface area contributed by atoms with Crippen LogP contribution in [-0.4, -0.2) is 52.1 Å². The highest BCUT2D eigenvalue weighted by Gasteiger charge is 2.42. The van der Waals surface area contributed by atoms with E-state index in [0.717, 1.165) is 67.7 Å². The summed E-state index contributed by atoms with van der Waals surface area (Å²) in [5.41, 5.74) is 4.59. The van der Waals surface area contributed by atoms with E-state index in [0.29, 0.717) is 24.7 Å². The predicted molar refractivity (Wildman–Crippen MR) is 109 cm³/mol. The molecule has 3 aliphatic rings. The van der Waals surface area contributed by atoms with Gasteiger partial charge in [0.15, 0.2) is 0 Å². The summed E-state index contributed by atoms with van der Waals surface area (Å²) >= 11 is 0. The van der Waals surface area contributed by atoms with Crippen molar-refractivity contribution in [3.63, 3.8) is 0 Å². The number of fused-ring (bicyclic) bond motifs is 2. The first-order valence-corrected chi connectivity index (χ1v) is 10.8. The van der Waals surface area contributed by atoms with Gasteiger partial charge in [-0.15, -0.1) is 0 Å². The molecule has 0 aromatic carbocycles. The van der Waals surface area contributed by atoms with Gasteiger partial charge in [-0.1, -0.05) is 5.16 Å². The molecule has 2 atom stereocenters. The zero-order valence-electron chi connectivity index (χ0n) is 17.6. The van der Waals surface area contributed by atoms with Crippen LogP contribution >= 0.6 is 0 Å². The molecule has 2 aromatic rings. The van der Waals surface area contributed by atoms with Crippen molar-refractivity contribution in [2.24, 2.45) is 11.8 Å². The molecule has 0 saturated carbocycles. The van der Waals surface area contributed by atoms with Gasteiger partial charge >= 0.3 is 0 Å². The van der Waals surface area contributed by atoms with Crippen LogP contribution in [-0.2, 0) is 24.1 Å². The Hall–Kier alpha value is -2.44. The monoisotopic (exact) mass is 395 g/mol. The fourth-order valence-corrected chi connectivity index (χ4v) is 5.41. The Morgan fingerprint density at radius 1 is 1.07 bits per heavy atom. The summed E-state index contributed by atoms with van der Waals surface area (Å²) in [6.07, 6.45) is 4.62. The average Bonchev–Trinajstić information content (AvgIpc) is 3.43. The Bertz CT molecular complexity index is 919. The van der Waals surface area contributed by atoms with Crippen molar-refractivity contribution >= 4 is 11.7 Å². The van der Waals surface area contributed by atoms with E-state index in [9.17, 15) is 4.79 Å². The van der Waals surface area contributed by atoms with Gasteiger partial charge < -0.3 is 14.3 Å². The minimum Gasteiger partial charge on any atom is -0.361 e. The maximum atomic E-state index is 12.8. The number of rotatable bonds is 4. The minimum atomic E-state index is 0.254. The number of carbonyl (C=O) groups excluding carboxylic acids is 1. The summed E-state index contributed by atoms with van der Waals surface area (Å²) < 4.78 is 5.22. The van der Waals surface area contributed by atoms with E-state index < -0.39 is 0 Å². The summed E-state index contributed by atoms with van der Waals surface area (Å²) in [6, 6.07) is 0. The highest BCUT2D eigenvalue weighted by atomic mass is 16.5. The molecule has 4 heterocycles. The van der Waals surface area contributed by atoms with Crippen molar-refractivity contribution in [2.75, 3.05) is 31.1 Å². The van der Waals surface area contributed by atoms with Crippen LogP contribution in [0.15, 0.2) is 4.52 Å². The molecule has 1 aliphatic carbocycles. The lowest BCUT2D eigenvalue weighted by atomic mass is 10.0. The lowest BCUT2D eigenvalue weighted by Crippen LogP contribution is -2.34. The first-order chi connectivity index (χ1) is 14.0. The average molecular weight is 396 g/mol. The van der Waals surface area contributed by atoms with Crippen LogP contribution in [0.1, 0.15) is 46.9 Å². The van der Waals surface area contributed by atoms with E-state index >= 15 is 0 Å². The van der Waals surface area contributed by atoms with Crippen LogP contribution < -0.4 is 4.90 Å². The molecule has 0 spiro atoms. The molecular formula is C22H29N5O2. The predicted octanol–water partition coefficient (Wildman–Crippen LogP) is 2.41. The van der Waals surface area contributed by atoms with Gasteiger partial charge in [0, 0.05) is 61.3 Å². The van der Waals surface area contributed by atoms with Crippen LogP contribution in [0.4, 0.5) is 5.82 Å². The van der Waals surface area contributed by atoms with Gasteiger partial charge in [0.25, 0.3) is 0 Å². The first-order valence-electron chi connectivity index (χ1n) is 10.8. The molecule has 0 radical (unpaired) electrons. The molecule has 2 aliphatic heterocycles. The molecule has 0 bridgehead atoms. The fourth-order valence-electron chi connectivity index (χ4n) is 5.41. The second kappa shape index (κ2) is 7.11. The van der Waals surface area contributed by atoms with Crippen molar-refractivity contribution in [3.8, 4) is 0 Å². The van der Waals surface area contributed by atoms with Crippen molar-refractivity contribution in [1.82, 2.24) is 20.0 Å². The molecule has 7 nitrogen and oxygen atoms in total. The lowest BCUT2D eigenvalue weighted by molar-refractivity contribution is -0.130. The van der Waals surface area contributed by atoms with Gasteiger partial charge in [0.2, 0.25) is 5.91 Å². The Morgan fingerprint density at radius 2 is 1.83 bits per heavy atom. The number of aromatic nitrogens is 3. The second-order valence-electron chi connectivity index (χ2n) is 8.90. The van der Waals surface area contributed by atoms with E-state index in [4.69, 9.17) is 9.51 Å². The summed E-state index contributed by atoms with van der Waals surface area (Å²) in [6.45, 7) is 9.60. The smallest absolute Gasteiger partial charge is 0.222 e. The summed E-state index contributed by atoms with van der Waals surface area (Å²) in [4.78, 5) is 26.8. The molecule has 29 heavy (non-hydrogen) atoms. The van der Waals surface area contributed by atoms with E-state index in [1.54, 1.807) is 0 Å². The third kappa shape index (κ3) is 3.30. The number of amides is 1. The second-order valence-corrected chi connectivity index (χ2v) is 8.90. The van der Waals surface area contributed by atoms with Crippen LogP contribution in [0.25, 0.3) is 0 Å². The molecular weight excluding hydrogens is 366 g/mol. The number of likely N-dealkylation sites (tertiary alicyclic amines) is 1. The Labute approximate surface area is 171 Å². The van der Waals surface area contributed by atoms with Gasteiger partial charge in [0.1, 0.15) is 17.4 Å². The fraction of sp³-hybridized carbons (Fsp3) is 0.636. The number of aryl methyl sites for hydroxylation is 4. The topological polar surface area (TPSA) is 75.4 Å². The van der Waals surface area contributed by atoms with E-state index in [1.165, 1.54) is 17.7 Å². The molecule has 5 rings (SSSR count). The van der Waals surface area contributed by atoms with Gasteiger partial charge in [0.05, 0.1) is 5.69 Å². The van der Waals surface area contributed by atoms with Crippen LogP contribution in [0.3, 0.4) is 0 Å². The maximum absolute atomic E-state index is 12.8. The van der Waals surface area contributed by atoms with Crippen molar-refractivity contribution < 1.29 is 9.32 Å². The van der Waals surface area contributed by atoms with Gasteiger partial charge in [-0.3, -0.25) is 4.79 Å². The maximum Gasteiger partial charge on any atom is 0.222 e. The zero-order valence-corrected chi connectivity index (χ0v) is 17.6. The third-order valence-corrected chi connectivity index (χ3v) is 6.93. The molecule has 2 unspecified atom stereocenters.